The van der Waals surface area contributed by atoms with Gasteiger partial charge in [0, 0.05) is 31.1 Å². The fourth-order valence-corrected chi connectivity index (χ4v) is 7.52. The lowest BCUT2D eigenvalue weighted by molar-refractivity contribution is 0.384. The SMILES string of the molecule is Cc1nc(N2CCN(S(=O)(=O)c3ccc4[nH]c(=O)[nH]c4c3)CC2)c2c3c(sc2n1)CCC3. The second-order valence-electron chi connectivity index (χ2n) is 8.31. The van der Waals surface area contributed by atoms with E-state index in [1.807, 2.05) is 6.92 Å². The number of benzene rings is 1. The average molecular weight is 471 g/mol. The second-order valence-corrected chi connectivity index (χ2v) is 11.3. The van der Waals surface area contributed by atoms with Gasteiger partial charge in [-0.2, -0.15) is 4.31 Å². The quantitative estimate of drug-likeness (QED) is 0.474. The molecule has 4 heterocycles. The number of nitrogens with one attached hydrogen (secondary N) is 2. The standard InChI is InChI=1S/C21H22N6O3S2/c1-12-22-19(18-14-3-2-4-17(14)31-20(18)23-12)26-7-9-27(10-8-26)32(29,30)13-5-6-15-16(11-13)25-21(28)24-15/h5-6,11H,2-4,7-10H2,1H3,(H2,24,25,28). The molecule has 2 aliphatic rings. The zero-order valence-corrected chi connectivity index (χ0v) is 19.1. The fraction of sp³-hybridized carbons (Fsp3) is 0.381. The van der Waals surface area contributed by atoms with Crippen molar-refractivity contribution >= 4 is 48.4 Å². The summed E-state index contributed by atoms with van der Waals surface area (Å²) < 4.78 is 28.0. The number of aromatic nitrogens is 4. The minimum absolute atomic E-state index is 0.185. The average Bonchev–Trinajstić information content (AvgIpc) is 3.45. The maximum Gasteiger partial charge on any atom is 0.323 e. The van der Waals surface area contributed by atoms with Crippen LogP contribution in [0.5, 0.6) is 0 Å². The van der Waals surface area contributed by atoms with Gasteiger partial charge in [-0.15, -0.1) is 11.3 Å². The van der Waals surface area contributed by atoms with Crippen molar-refractivity contribution in [3.05, 3.63) is 44.9 Å². The van der Waals surface area contributed by atoms with E-state index in [-0.39, 0.29) is 10.6 Å². The van der Waals surface area contributed by atoms with Gasteiger partial charge in [-0.1, -0.05) is 0 Å². The molecule has 0 spiro atoms. The number of nitrogens with zero attached hydrogens (tertiary/aromatic N) is 4. The van der Waals surface area contributed by atoms with E-state index < -0.39 is 10.0 Å². The van der Waals surface area contributed by atoms with Crippen LogP contribution in [0.15, 0.2) is 27.9 Å². The third kappa shape index (κ3) is 3.06. The van der Waals surface area contributed by atoms with E-state index in [4.69, 9.17) is 4.98 Å². The number of H-pyrrole nitrogens is 2. The largest absolute Gasteiger partial charge is 0.353 e. The minimum Gasteiger partial charge on any atom is -0.353 e. The number of imidazole rings is 1. The second kappa shape index (κ2) is 7.12. The van der Waals surface area contributed by atoms with Gasteiger partial charge in [0.15, 0.2) is 0 Å². The molecule has 1 saturated heterocycles. The highest BCUT2D eigenvalue weighted by atomic mass is 32.2. The normalized spacial score (nSPS) is 17.5. The lowest BCUT2D eigenvalue weighted by Crippen LogP contribution is -2.49. The van der Waals surface area contributed by atoms with E-state index in [2.05, 4.69) is 19.9 Å². The van der Waals surface area contributed by atoms with Crippen molar-refractivity contribution in [1.82, 2.24) is 24.2 Å². The predicted molar refractivity (Wildman–Crippen MR) is 124 cm³/mol. The van der Waals surface area contributed by atoms with Crippen LogP contribution in [0.25, 0.3) is 21.3 Å². The molecule has 4 aromatic rings. The van der Waals surface area contributed by atoms with E-state index in [9.17, 15) is 13.2 Å². The first-order valence-corrected chi connectivity index (χ1v) is 12.9. The van der Waals surface area contributed by atoms with Crippen LogP contribution >= 0.6 is 11.3 Å². The molecule has 3 aromatic heterocycles. The Morgan fingerprint density at radius 3 is 2.62 bits per heavy atom. The molecule has 6 rings (SSSR count). The number of aryl methyl sites for hydroxylation is 3. The number of sulfonamides is 1. The highest BCUT2D eigenvalue weighted by molar-refractivity contribution is 7.89. The van der Waals surface area contributed by atoms with Crippen LogP contribution in [0.3, 0.4) is 0 Å². The highest BCUT2D eigenvalue weighted by Gasteiger charge is 2.31. The molecule has 1 aliphatic heterocycles. The summed E-state index contributed by atoms with van der Waals surface area (Å²) in [5.41, 5.74) is 2.10. The van der Waals surface area contributed by atoms with E-state index in [1.54, 1.807) is 23.5 Å². The summed E-state index contributed by atoms with van der Waals surface area (Å²) in [6.45, 7) is 3.80. The molecular weight excluding hydrogens is 448 g/mol. The van der Waals surface area contributed by atoms with Crippen LogP contribution in [0.1, 0.15) is 22.7 Å². The molecule has 1 aliphatic carbocycles. The molecule has 0 atom stereocenters. The van der Waals surface area contributed by atoms with Crippen molar-refractivity contribution in [3.63, 3.8) is 0 Å². The van der Waals surface area contributed by atoms with Crippen molar-refractivity contribution in [2.24, 2.45) is 0 Å². The summed E-state index contributed by atoms with van der Waals surface area (Å²) in [6, 6.07) is 4.68. The molecule has 32 heavy (non-hydrogen) atoms. The molecule has 1 fully saturated rings. The Morgan fingerprint density at radius 2 is 1.81 bits per heavy atom. The number of hydrogen-bond acceptors (Lipinski definition) is 7. The molecule has 0 amide bonds. The van der Waals surface area contributed by atoms with Crippen LogP contribution in [-0.2, 0) is 22.9 Å². The summed E-state index contributed by atoms with van der Waals surface area (Å²) in [4.78, 5) is 31.0. The van der Waals surface area contributed by atoms with Crippen molar-refractivity contribution < 1.29 is 8.42 Å². The van der Waals surface area contributed by atoms with Gasteiger partial charge < -0.3 is 14.9 Å². The van der Waals surface area contributed by atoms with Crippen LogP contribution in [0.4, 0.5) is 5.82 Å². The Bertz CT molecular complexity index is 1530. The first-order chi connectivity index (χ1) is 15.4. The first-order valence-electron chi connectivity index (χ1n) is 10.7. The third-order valence-corrected chi connectivity index (χ3v) is 9.40. The van der Waals surface area contributed by atoms with Gasteiger partial charge in [0.2, 0.25) is 10.0 Å². The molecule has 0 saturated carbocycles. The Kier molecular flexibility index (Phi) is 4.43. The predicted octanol–water partition coefficient (Wildman–Crippen LogP) is 2.17. The molecule has 0 radical (unpaired) electrons. The smallest absolute Gasteiger partial charge is 0.323 e. The maximum atomic E-state index is 13.2. The maximum absolute atomic E-state index is 13.2. The summed E-state index contributed by atoms with van der Waals surface area (Å²) in [5.74, 6) is 1.69. The van der Waals surface area contributed by atoms with Gasteiger partial charge >= 0.3 is 5.69 Å². The summed E-state index contributed by atoms with van der Waals surface area (Å²) in [7, 11) is -3.66. The van der Waals surface area contributed by atoms with Gasteiger partial charge in [0.05, 0.1) is 21.3 Å². The lowest BCUT2D eigenvalue weighted by atomic mass is 10.1. The molecule has 0 unspecified atom stereocenters. The Labute approximate surface area is 188 Å². The van der Waals surface area contributed by atoms with Gasteiger partial charge in [-0.3, -0.25) is 0 Å². The van der Waals surface area contributed by atoms with Crippen LogP contribution in [0, 0.1) is 6.92 Å². The monoisotopic (exact) mass is 470 g/mol. The topological polar surface area (TPSA) is 115 Å². The van der Waals surface area contributed by atoms with Crippen molar-refractivity contribution in [2.75, 3.05) is 31.1 Å². The minimum atomic E-state index is -3.66. The summed E-state index contributed by atoms with van der Waals surface area (Å²) in [6.07, 6.45) is 3.34. The molecule has 166 valence electrons. The number of piperazine rings is 1. The van der Waals surface area contributed by atoms with Gasteiger partial charge in [-0.05, 0) is 49.9 Å². The lowest BCUT2D eigenvalue weighted by Gasteiger charge is -2.35. The third-order valence-electron chi connectivity index (χ3n) is 6.32. The Balaban J connectivity index is 1.29. The highest BCUT2D eigenvalue weighted by Crippen LogP contribution is 2.40. The van der Waals surface area contributed by atoms with E-state index in [1.165, 1.54) is 27.2 Å². The molecule has 9 nitrogen and oxygen atoms in total. The van der Waals surface area contributed by atoms with Crippen molar-refractivity contribution in [1.29, 1.82) is 0 Å². The van der Waals surface area contributed by atoms with E-state index in [0.29, 0.717) is 37.2 Å². The van der Waals surface area contributed by atoms with Crippen molar-refractivity contribution in [3.8, 4) is 0 Å². The molecule has 2 N–H and O–H groups in total. The van der Waals surface area contributed by atoms with E-state index in [0.717, 1.165) is 34.7 Å². The van der Waals surface area contributed by atoms with Gasteiger partial charge in [0.25, 0.3) is 0 Å². The number of fused-ring (bicyclic) bond motifs is 4. The molecule has 0 bridgehead atoms. The van der Waals surface area contributed by atoms with E-state index >= 15 is 0 Å². The van der Waals surface area contributed by atoms with Crippen LogP contribution in [-0.4, -0.2) is 58.8 Å². The molecule has 1 aromatic carbocycles. The first kappa shape index (κ1) is 19.9. The number of rotatable bonds is 3. The Hall–Kier alpha value is -2.76. The Morgan fingerprint density at radius 1 is 1.03 bits per heavy atom. The zero-order chi connectivity index (χ0) is 22.0. The number of anilines is 1. The number of thiophene rings is 1. The van der Waals surface area contributed by atoms with Crippen molar-refractivity contribution in [2.45, 2.75) is 31.1 Å². The molecular formula is C21H22N6O3S2. The zero-order valence-electron chi connectivity index (χ0n) is 17.5. The van der Waals surface area contributed by atoms with Gasteiger partial charge in [0.1, 0.15) is 16.5 Å². The molecule has 11 heteroatoms. The van der Waals surface area contributed by atoms with Crippen LogP contribution < -0.4 is 10.6 Å². The fourth-order valence-electron chi connectivity index (χ4n) is 4.77. The van der Waals surface area contributed by atoms with Crippen LogP contribution in [0.2, 0.25) is 0 Å². The number of aromatic amines is 2. The summed E-state index contributed by atoms with van der Waals surface area (Å²) >= 11 is 1.77. The van der Waals surface area contributed by atoms with Gasteiger partial charge in [-0.25, -0.2) is 23.2 Å². The number of hydrogen-bond donors (Lipinski definition) is 2. The summed E-state index contributed by atoms with van der Waals surface area (Å²) in [5, 5.41) is 1.16.